The third-order valence-electron chi connectivity index (χ3n) is 3.47. The molecule has 0 atom stereocenters. The van der Waals surface area contributed by atoms with Crippen LogP contribution in [0.5, 0.6) is 0 Å². The lowest BCUT2D eigenvalue weighted by molar-refractivity contribution is -0.115. The van der Waals surface area contributed by atoms with E-state index >= 15 is 0 Å². The number of hydrogen-bond acceptors (Lipinski definition) is 6. The second kappa shape index (κ2) is 6.92. The minimum absolute atomic E-state index is 0.0778. The molecule has 0 aliphatic rings. The van der Waals surface area contributed by atoms with Gasteiger partial charge in [-0.2, -0.15) is 0 Å². The van der Waals surface area contributed by atoms with E-state index in [-0.39, 0.29) is 18.3 Å². The summed E-state index contributed by atoms with van der Waals surface area (Å²) in [5.74, 6) is 1.58. The van der Waals surface area contributed by atoms with Crippen LogP contribution in [0.3, 0.4) is 0 Å². The number of carbonyl (C=O) groups is 1. The van der Waals surface area contributed by atoms with Crippen molar-refractivity contribution in [3.05, 3.63) is 47.4 Å². The first kappa shape index (κ1) is 16.3. The average molecular weight is 343 g/mol. The SMILES string of the molecule is CSc1ccc(CC(=O)Nc2nnc(-c3cc(C)oc3C)o2)cc1. The first-order valence-electron chi connectivity index (χ1n) is 7.39. The van der Waals surface area contributed by atoms with Gasteiger partial charge in [-0.25, -0.2) is 0 Å². The fraction of sp³-hybridized carbons (Fsp3) is 0.235. The molecule has 2 heterocycles. The van der Waals surface area contributed by atoms with Crippen LogP contribution >= 0.6 is 11.8 Å². The van der Waals surface area contributed by atoms with Crippen LogP contribution in [0.1, 0.15) is 17.1 Å². The molecule has 0 radical (unpaired) electrons. The quantitative estimate of drug-likeness (QED) is 0.709. The number of hydrogen-bond donors (Lipinski definition) is 1. The molecule has 0 spiro atoms. The molecule has 3 rings (SSSR count). The lowest BCUT2D eigenvalue weighted by Crippen LogP contribution is -2.14. The summed E-state index contributed by atoms with van der Waals surface area (Å²) in [6.45, 7) is 3.67. The number of rotatable bonds is 5. The number of nitrogens with zero attached hydrogens (tertiary/aromatic N) is 2. The largest absolute Gasteiger partial charge is 0.466 e. The van der Waals surface area contributed by atoms with E-state index < -0.39 is 0 Å². The minimum atomic E-state index is -0.206. The molecule has 24 heavy (non-hydrogen) atoms. The molecule has 3 aromatic rings. The maximum atomic E-state index is 12.1. The van der Waals surface area contributed by atoms with Crippen LogP contribution in [-0.4, -0.2) is 22.4 Å². The van der Waals surface area contributed by atoms with E-state index in [4.69, 9.17) is 8.83 Å². The summed E-state index contributed by atoms with van der Waals surface area (Å²) in [7, 11) is 0. The van der Waals surface area contributed by atoms with E-state index in [9.17, 15) is 4.79 Å². The molecule has 7 heteroatoms. The van der Waals surface area contributed by atoms with E-state index in [1.54, 1.807) is 11.8 Å². The van der Waals surface area contributed by atoms with E-state index in [1.165, 1.54) is 0 Å². The van der Waals surface area contributed by atoms with Crippen molar-refractivity contribution in [2.24, 2.45) is 0 Å². The Morgan fingerprint density at radius 3 is 2.54 bits per heavy atom. The van der Waals surface area contributed by atoms with E-state index in [0.717, 1.165) is 21.8 Å². The summed E-state index contributed by atoms with van der Waals surface area (Å²) in [5.41, 5.74) is 1.65. The third-order valence-corrected chi connectivity index (χ3v) is 4.21. The topological polar surface area (TPSA) is 81.2 Å². The number of anilines is 1. The summed E-state index contributed by atoms with van der Waals surface area (Å²) in [6.07, 6.45) is 2.26. The van der Waals surface area contributed by atoms with Crippen LogP contribution in [0.25, 0.3) is 11.5 Å². The Labute approximate surface area is 143 Å². The zero-order valence-corrected chi connectivity index (χ0v) is 14.4. The molecule has 0 fully saturated rings. The molecule has 0 aliphatic carbocycles. The fourth-order valence-electron chi connectivity index (χ4n) is 2.32. The first-order valence-corrected chi connectivity index (χ1v) is 8.61. The van der Waals surface area contributed by atoms with Crippen LogP contribution < -0.4 is 5.32 Å². The van der Waals surface area contributed by atoms with Crippen molar-refractivity contribution in [1.29, 1.82) is 0 Å². The number of benzene rings is 1. The molecular weight excluding hydrogens is 326 g/mol. The van der Waals surface area contributed by atoms with Gasteiger partial charge < -0.3 is 8.83 Å². The Hall–Kier alpha value is -2.54. The van der Waals surface area contributed by atoms with Crippen molar-refractivity contribution in [2.45, 2.75) is 25.2 Å². The molecule has 1 N–H and O–H groups in total. The number of aromatic nitrogens is 2. The van der Waals surface area contributed by atoms with Gasteiger partial charge in [-0.15, -0.1) is 16.9 Å². The van der Waals surface area contributed by atoms with E-state index in [1.807, 2.05) is 50.4 Å². The maximum Gasteiger partial charge on any atom is 0.322 e. The predicted molar refractivity (Wildman–Crippen MR) is 92.0 cm³/mol. The Morgan fingerprint density at radius 2 is 1.92 bits per heavy atom. The highest BCUT2D eigenvalue weighted by molar-refractivity contribution is 7.98. The molecular formula is C17H17N3O3S. The summed E-state index contributed by atoms with van der Waals surface area (Å²) >= 11 is 1.66. The molecule has 124 valence electrons. The monoisotopic (exact) mass is 343 g/mol. The average Bonchev–Trinajstić information content (AvgIpc) is 3.14. The van der Waals surface area contributed by atoms with Gasteiger partial charge in [0.1, 0.15) is 11.5 Å². The van der Waals surface area contributed by atoms with Crippen molar-refractivity contribution >= 4 is 23.7 Å². The van der Waals surface area contributed by atoms with Gasteiger partial charge in [0, 0.05) is 4.90 Å². The minimum Gasteiger partial charge on any atom is -0.466 e. The van der Waals surface area contributed by atoms with Crippen LogP contribution in [0.15, 0.2) is 44.1 Å². The molecule has 6 nitrogen and oxygen atoms in total. The summed E-state index contributed by atoms with van der Waals surface area (Å²) in [5, 5.41) is 10.4. The van der Waals surface area contributed by atoms with Gasteiger partial charge in [0.2, 0.25) is 5.91 Å². The molecule has 0 aliphatic heterocycles. The van der Waals surface area contributed by atoms with Crippen LogP contribution in [0.4, 0.5) is 6.01 Å². The molecule has 0 saturated heterocycles. The van der Waals surface area contributed by atoms with Gasteiger partial charge in [-0.1, -0.05) is 17.2 Å². The highest BCUT2D eigenvalue weighted by Gasteiger charge is 2.16. The zero-order chi connectivity index (χ0) is 17.1. The zero-order valence-electron chi connectivity index (χ0n) is 13.6. The normalized spacial score (nSPS) is 10.8. The molecule has 0 unspecified atom stereocenters. The van der Waals surface area contributed by atoms with Crippen LogP contribution in [-0.2, 0) is 11.2 Å². The van der Waals surface area contributed by atoms with Crippen LogP contribution in [0.2, 0.25) is 0 Å². The fourth-order valence-corrected chi connectivity index (χ4v) is 2.73. The van der Waals surface area contributed by atoms with Crippen molar-refractivity contribution in [2.75, 3.05) is 11.6 Å². The van der Waals surface area contributed by atoms with Gasteiger partial charge in [-0.3, -0.25) is 10.1 Å². The molecule has 2 aromatic heterocycles. The second-order valence-electron chi connectivity index (χ2n) is 5.31. The molecule has 0 saturated carbocycles. The smallest absolute Gasteiger partial charge is 0.322 e. The van der Waals surface area contributed by atoms with Gasteiger partial charge in [0.25, 0.3) is 5.89 Å². The Bertz CT molecular complexity index is 852. The summed E-state index contributed by atoms with van der Waals surface area (Å²) in [6, 6.07) is 9.74. The first-order chi connectivity index (χ1) is 11.5. The Balaban J connectivity index is 1.65. The van der Waals surface area contributed by atoms with E-state index in [2.05, 4.69) is 15.5 Å². The number of furan rings is 1. The second-order valence-corrected chi connectivity index (χ2v) is 6.19. The molecule has 1 amide bonds. The van der Waals surface area contributed by atoms with Gasteiger partial charge in [0.05, 0.1) is 12.0 Å². The molecule has 1 aromatic carbocycles. The number of nitrogens with one attached hydrogen (secondary N) is 1. The lowest BCUT2D eigenvalue weighted by Gasteiger charge is -2.02. The summed E-state index contributed by atoms with van der Waals surface area (Å²) < 4.78 is 10.9. The number of aryl methyl sites for hydroxylation is 2. The van der Waals surface area contributed by atoms with Gasteiger partial charge in [0.15, 0.2) is 0 Å². The Morgan fingerprint density at radius 1 is 1.17 bits per heavy atom. The number of amides is 1. The van der Waals surface area contributed by atoms with Crippen molar-refractivity contribution < 1.29 is 13.6 Å². The maximum absolute atomic E-state index is 12.1. The van der Waals surface area contributed by atoms with Gasteiger partial charge >= 0.3 is 6.01 Å². The predicted octanol–water partition coefficient (Wildman–Crippen LogP) is 3.85. The highest BCUT2D eigenvalue weighted by Crippen LogP contribution is 2.26. The number of thioether (sulfide) groups is 1. The number of carbonyl (C=O) groups excluding carboxylic acids is 1. The summed E-state index contributed by atoms with van der Waals surface area (Å²) in [4.78, 5) is 13.2. The van der Waals surface area contributed by atoms with Crippen molar-refractivity contribution in [3.8, 4) is 11.5 Å². The van der Waals surface area contributed by atoms with Crippen molar-refractivity contribution in [1.82, 2.24) is 10.2 Å². The van der Waals surface area contributed by atoms with E-state index in [0.29, 0.717) is 11.7 Å². The van der Waals surface area contributed by atoms with Gasteiger partial charge in [-0.05, 0) is 43.9 Å². The van der Waals surface area contributed by atoms with Crippen molar-refractivity contribution in [3.63, 3.8) is 0 Å². The third kappa shape index (κ3) is 3.68. The Kier molecular flexibility index (Phi) is 4.71. The highest BCUT2D eigenvalue weighted by atomic mass is 32.2. The standard InChI is InChI=1S/C17H17N3O3S/c1-10-8-14(11(2)22-10)16-19-20-17(23-16)18-15(21)9-12-4-6-13(24-3)7-5-12/h4-8H,9H2,1-3H3,(H,18,20,21). The lowest BCUT2D eigenvalue weighted by atomic mass is 10.1. The van der Waals surface area contributed by atoms with Crippen LogP contribution in [0, 0.1) is 13.8 Å². The molecule has 0 bridgehead atoms.